The van der Waals surface area contributed by atoms with Crippen LogP contribution in [0.5, 0.6) is 11.5 Å². The Morgan fingerprint density at radius 1 is 1.00 bits per heavy atom. The molecular weight excluding hydrogens is 406 g/mol. The average Bonchev–Trinajstić information content (AvgIpc) is 2.76. The molecule has 2 amide bonds. The highest BCUT2D eigenvalue weighted by atomic mass is 35.5. The molecule has 1 saturated carbocycles. The number of anilines is 1. The monoisotopic (exact) mass is 435 g/mol. The number of benzene rings is 1. The van der Waals surface area contributed by atoms with Crippen molar-refractivity contribution in [1.29, 1.82) is 0 Å². The van der Waals surface area contributed by atoms with Crippen molar-refractivity contribution < 1.29 is 19.1 Å². The summed E-state index contributed by atoms with van der Waals surface area (Å²) < 4.78 is 11.1. The van der Waals surface area contributed by atoms with Gasteiger partial charge in [0, 0.05) is 37.2 Å². The number of nitrogens with one attached hydrogen (secondary N) is 2. The Hall–Kier alpha value is -1.99. The lowest BCUT2D eigenvalue weighted by molar-refractivity contribution is -0.127. The third-order valence-electron chi connectivity index (χ3n) is 6.18. The van der Waals surface area contributed by atoms with Gasteiger partial charge in [0.05, 0.1) is 17.3 Å². The predicted molar refractivity (Wildman–Crippen MR) is 115 cm³/mol. The van der Waals surface area contributed by atoms with Gasteiger partial charge in [-0.15, -0.1) is 0 Å². The van der Waals surface area contributed by atoms with E-state index in [-0.39, 0.29) is 23.8 Å². The van der Waals surface area contributed by atoms with Gasteiger partial charge in [0.25, 0.3) is 0 Å². The lowest BCUT2D eigenvalue weighted by atomic mass is 9.88. The van der Waals surface area contributed by atoms with Crippen LogP contribution in [-0.2, 0) is 9.59 Å². The number of hydrogen-bond donors (Lipinski definition) is 2. The van der Waals surface area contributed by atoms with Crippen LogP contribution in [0.2, 0.25) is 5.02 Å². The Bertz CT molecular complexity index is 774. The fourth-order valence-electron chi connectivity index (χ4n) is 4.47. The summed E-state index contributed by atoms with van der Waals surface area (Å²) in [6.45, 7) is 2.85. The molecule has 0 bridgehead atoms. The van der Waals surface area contributed by atoms with E-state index in [0.29, 0.717) is 42.0 Å². The van der Waals surface area contributed by atoms with E-state index >= 15 is 0 Å². The summed E-state index contributed by atoms with van der Waals surface area (Å²) in [4.78, 5) is 27.1. The van der Waals surface area contributed by atoms with E-state index in [2.05, 4.69) is 15.5 Å². The highest BCUT2D eigenvalue weighted by Crippen LogP contribution is 2.38. The summed E-state index contributed by atoms with van der Waals surface area (Å²) in [6.07, 6.45) is 7.37. The number of piperidine rings is 1. The third-order valence-corrected chi connectivity index (χ3v) is 6.50. The van der Waals surface area contributed by atoms with Crippen LogP contribution in [0, 0.1) is 5.92 Å². The Morgan fingerprint density at radius 2 is 1.67 bits per heavy atom. The number of rotatable bonds is 5. The molecule has 30 heavy (non-hydrogen) atoms. The molecule has 2 fully saturated rings. The van der Waals surface area contributed by atoms with Crippen LogP contribution < -0.4 is 20.1 Å². The molecule has 8 heteroatoms. The molecule has 2 N–H and O–H groups in total. The molecule has 7 nitrogen and oxygen atoms in total. The minimum atomic E-state index is -0.113. The zero-order valence-electron chi connectivity index (χ0n) is 17.3. The van der Waals surface area contributed by atoms with Crippen molar-refractivity contribution >= 4 is 29.1 Å². The SMILES string of the molecule is O=C(CN1CCC(NC(=O)C2CCCCC2)CC1)Nc1cc2c(cc1Cl)OCCO2. The van der Waals surface area contributed by atoms with Gasteiger partial charge in [-0.25, -0.2) is 0 Å². The van der Waals surface area contributed by atoms with Crippen molar-refractivity contribution in [3.63, 3.8) is 0 Å². The van der Waals surface area contributed by atoms with Crippen molar-refractivity contribution in [3.05, 3.63) is 17.2 Å². The Balaban J connectivity index is 1.22. The Kier molecular flexibility index (Phi) is 7.00. The molecular formula is C22H30ClN3O4. The first-order chi connectivity index (χ1) is 14.6. The molecule has 1 aromatic carbocycles. The first kappa shape index (κ1) is 21.2. The van der Waals surface area contributed by atoms with Crippen molar-refractivity contribution in [1.82, 2.24) is 10.2 Å². The molecule has 1 aromatic rings. The van der Waals surface area contributed by atoms with Crippen molar-refractivity contribution in [3.8, 4) is 11.5 Å². The minimum absolute atomic E-state index is 0.113. The Morgan fingerprint density at radius 3 is 2.37 bits per heavy atom. The van der Waals surface area contributed by atoms with E-state index in [9.17, 15) is 9.59 Å². The maximum atomic E-state index is 12.5. The number of amides is 2. The summed E-state index contributed by atoms with van der Waals surface area (Å²) in [6, 6.07) is 3.60. The maximum Gasteiger partial charge on any atom is 0.238 e. The molecule has 1 aliphatic carbocycles. The second-order valence-electron chi connectivity index (χ2n) is 8.42. The second kappa shape index (κ2) is 9.88. The number of carbonyl (C=O) groups excluding carboxylic acids is 2. The molecule has 164 valence electrons. The number of ether oxygens (including phenoxy) is 2. The smallest absolute Gasteiger partial charge is 0.238 e. The van der Waals surface area contributed by atoms with Crippen molar-refractivity contribution in [2.45, 2.75) is 51.0 Å². The van der Waals surface area contributed by atoms with Crippen LogP contribution in [0.3, 0.4) is 0 Å². The van der Waals surface area contributed by atoms with Gasteiger partial charge in [-0.1, -0.05) is 30.9 Å². The van der Waals surface area contributed by atoms with Crippen molar-refractivity contribution in [2.75, 3.05) is 38.2 Å². The number of likely N-dealkylation sites (tertiary alicyclic amines) is 1. The fraction of sp³-hybridized carbons (Fsp3) is 0.636. The summed E-state index contributed by atoms with van der Waals surface area (Å²) in [5.41, 5.74) is 0.528. The highest BCUT2D eigenvalue weighted by Gasteiger charge is 2.26. The van der Waals surface area contributed by atoms with Gasteiger partial charge in [0.1, 0.15) is 13.2 Å². The van der Waals surface area contributed by atoms with E-state index in [4.69, 9.17) is 21.1 Å². The Labute approximate surface area is 182 Å². The van der Waals surface area contributed by atoms with Crippen molar-refractivity contribution in [2.24, 2.45) is 5.92 Å². The summed E-state index contributed by atoms with van der Waals surface area (Å²) in [7, 11) is 0. The second-order valence-corrected chi connectivity index (χ2v) is 8.83. The number of halogens is 1. The number of nitrogens with zero attached hydrogens (tertiary/aromatic N) is 1. The first-order valence-corrected chi connectivity index (χ1v) is 11.4. The molecule has 4 rings (SSSR count). The molecule has 0 aromatic heterocycles. The van der Waals surface area contributed by atoms with E-state index in [1.807, 2.05) is 0 Å². The normalized spacial score (nSPS) is 20.6. The zero-order chi connectivity index (χ0) is 20.9. The lowest BCUT2D eigenvalue weighted by Gasteiger charge is -2.33. The summed E-state index contributed by atoms with van der Waals surface area (Å²) >= 11 is 6.28. The minimum Gasteiger partial charge on any atom is -0.486 e. The standard InChI is InChI=1S/C22H30ClN3O4/c23-17-12-19-20(30-11-10-29-19)13-18(17)25-21(27)14-26-8-6-16(7-9-26)24-22(28)15-4-2-1-3-5-15/h12-13,15-16H,1-11,14H2,(H,24,28)(H,25,27). The molecule has 0 spiro atoms. The largest absolute Gasteiger partial charge is 0.486 e. The van der Waals surface area contributed by atoms with Crippen LogP contribution in [0.4, 0.5) is 5.69 Å². The number of carbonyl (C=O) groups is 2. The number of fused-ring (bicyclic) bond motifs is 1. The zero-order valence-corrected chi connectivity index (χ0v) is 18.0. The summed E-state index contributed by atoms with van der Waals surface area (Å²) in [5, 5.41) is 6.53. The van der Waals surface area contributed by atoms with Crippen LogP contribution in [-0.4, -0.2) is 55.6 Å². The third kappa shape index (κ3) is 5.38. The molecule has 2 heterocycles. The van der Waals surface area contributed by atoms with E-state index < -0.39 is 0 Å². The van der Waals surface area contributed by atoms with Crippen LogP contribution >= 0.6 is 11.6 Å². The molecule has 0 radical (unpaired) electrons. The molecule has 2 aliphatic heterocycles. The van der Waals surface area contributed by atoms with Gasteiger partial charge >= 0.3 is 0 Å². The lowest BCUT2D eigenvalue weighted by Crippen LogP contribution is -2.48. The summed E-state index contributed by atoms with van der Waals surface area (Å²) in [5.74, 6) is 1.49. The van der Waals surface area contributed by atoms with Gasteiger partial charge in [-0.3, -0.25) is 14.5 Å². The predicted octanol–water partition coefficient (Wildman–Crippen LogP) is 3.21. The molecule has 1 saturated heterocycles. The molecule has 3 aliphatic rings. The average molecular weight is 436 g/mol. The van der Waals surface area contributed by atoms with Gasteiger partial charge in [-0.05, 0) is 25.7 Å². The van der Waals surface area contributed by atoms with Crippen LogP contribution in [0.15, 0.2) is 12.1 Å². The van der Waals surface area contributed by atoms with Gasteiger partial charge in [0.2, 0.25) is 11.8 Å². The van der Waals surface area contributed by atoms with Gasteiger partial charge in [-0.2, -0.15) is 0 Å². The first-order valence-electron chi connectivity index (χ1n) is 11.0. The van der Waals surface area contributed by atoms with Gasteiger partial charge in [0.15, 0.2) is 11.5 Å². The quantitative estimate of drug-likeness (QED) is 0.742. The number of hydrogen-bond acceptors (Lipinski definition) is 5. The van der Waals surface area contributed by atoms with E-state index in [1.165, 1.54) is 19.3 Å². The van der Waals surface area contributed by atoms with Crippen LogP contribution in [0.25, 0.3) is 0 Å². The van der Waals surface area contributed by atoms with E-state index in [1.54, 1.807) is 12.1 Å². The molecule has 0 atom stereocenters. The molecule has 0 unspecified atom stereocenters. The fourth-order valence-corrected chi connectivity index (χ4v) is 4.67. The topological polar surface area (TPSA) is 79.9 Å². The maximum absolute atomic E-state index is 12.5. The van der Waals surface area contributed by atoms with E-state index in [0.717, 1.165) is 38.8 Å². The highest BCUT2D eigenvalue weighted by molar-refractivity contribution is 6.34. The van der Waals surface area contributed by atoms with Crippen LogP contribution in [0.1, 0.15) is 44.9 Å². The van der Waals surface area contributed by atoms with Gasteiger partial charge < -0.3 is 20.1 Å².